The summed E-state index contributed by atoms with van der Waals surface area (Å²) in [6, 6.07) is 0.152. The Hall–Kier alpha value is -0.620. The van der Waals surface area contributed by atoms with Gasteiger partial charge in [0.1, 0.15) is 0 Å². The number of carbonyl (C=O) groups is 1. The van der Waals surface area contributed by atoms with Crippen LogP contribution in [0, 0.1) is 5.92 Å². The number of piperazine rings is 1. The summed E-state index contributed by atoms with van der Waals surface area (Å²) in [5.74, 6) is 0.206. The van der Waals surface area contributed by atoms with Gasteiger partial charge in [0.05, 0.1) is 11.5 Å². The molecular weight excluding hydrogens is 252 g/mol. The molecule has 6 heteroatoms. The lowest BCUT2D eigenvalue weighted by molar-refractivity contribution is -0.133. The van der Waals surface area contributed by atoms with Crippen LogP contribution in [0.5, 0.6) is 0 Å². The van der Waals surface area contributed by atoms with Crippen LogP contribution in [0.4, 0.5) is 0 Å². The van der Waals surface area contributed by atoms with Crippen LogP contribution in [0.1, 0.15) is 27.2 Å². The second-order valence-corrected chi connectivity index (χ2v) is 7.63. The minimum absolute atomic E-state index is 0.0271. The highest BCUT2D eigenvalue weighted by Crippen LogP contribution is 2.08. The van der Waals surface area contributed by atoms with Crippen molar-refractivity contribution in [1.29, 1.82) is 0 Å². The first-order valence-corrected chi connectivity index (χ1v) is 8.34. The summed E-state index contributed by atoms with van der Waals surface area (Å²) in [4.78, 5) is 13.8. The maximum atomic E-state index is 12.0. The summed E-state index contributed by atoms with van der Waals surface area (Å²) in [6.45, 7) is 7.96. The van der Waals surface area contributed by atoms with E-state index >= 15 is 0 Å². The van der Waals surface area contributed by atoms with Crippen LogP contribution >= 0.6 is 0 Å². The lowest BCUT2D eigenvalue weighted by Crippen LogP contribution is -2.52. The Kier molecular flexibility index (Phi) is 5.59. The first kappa shape index (κ1) is 15.4. The predicted octanol–water partition coefficient (Wildman–Crippen LogP) is 0.268. The second-order valence-electron chi connectivity index (χ2n) is 5.40. The number of carbonyl (C=O) groups excluding carboxylic acids is 1. The Morgan fingerprint density at radius 3 is 2.67 bits per heavy atom. The van der Waals surface area contributed by atoms with Crippen molar-refractivity contribution in [2.24, 2.45) is 5.92 Å². The van der Waals surface area contributed by atoms with Crippen molar-refractivity contribution in [1.82, 2.24) is 10.2 Å². The molecule has 0 spiro atoms. The Morgan fingerprint density at radius 2 is 2.11 bits per heavy atom. The molecule has 0 aromatic heterocycles. The molecule has 1 atom stereocenters. The number of hydrogen-bond donors (Lipinski definition) is 1. The molecule has 1 saturated heterocycles. The molecule has 0 saturated carbocycles. The van der Waals surface area contributed by atoms with Crippen molar-refractivity contribution in [3.8, 4) is 0 Å². The van der Waals surface area contributed by atoms with Crippen molar-refractivity contribution in [3.05, 3.63) is 0 Å². The molecule has 0 aromatic rings. The van der Waals surface area contributed by atoms with Crippen molar-refractivity contribution in [2.45, 2.75) is 33.2 Å². The van der Waals surface area contributed by atoms with Gasteiger partial charge in [-0.2, -0.15) is 0 Å². The van der Waals surface area contributed by atoms with Crippen molar-refractivity contribution in [3.63, 3.8) is 0 Å². The minimum Gasteiger partial charge on any atom is -0.337 e. The second kappa shape index (κ2) is 6.52. The first-order chi connectivity index (χ1) is 8.32. The SMILES string of the molecule is CC(C)CS(=O)(=O)CCC(=O)N1CCNCC1C. The zero-order valence-electron chi connectivity index (χ0n) is 11.5. The predicted molar refractivity (Wildman–Crippen MR) is 72.2 cm³/mol. The third-order valence-corrected chi connectivity index (χ3v) is 5.04. The molecule has 1 unspecified atom stereocenters. The number of sulfone groups is 1. The van der Waals surface area contributed by atoms with Gasteiger partial charge in [-0.1, -0.05) is 13.8 Å². The summed E-state index contributed by atoms with van der Waals surface area (Å²) in [5, 5.41) is 3.21. The molecule has 1 amide bonds. The third kappa shape index (κ3) is 4.94. The van der Waals surface area contributed by atoms with Crippen LogP contribution < -0.4 is 5.32 Å². The average molecular weight is 276 g/mol. The third-order valence-electron chi connectivity index (χ3n) is 3.04. The van der Waals surface area contributed by atoms with Gasteiger partial charge < -0.3 is 10.2 Å². The highest BCUT2D eigenvalue weighted by Gasteiger charge is 2.24. The largest absolute Gasteiger partial charge is 0.337 e. The smallest absolute Gasteiger partial charge is 0.223 e. The van der Waals surface area contributed by atoms with Crippen LogP contribution in [-0.4, -0.2) is 56.4 Å². The number of rotatable bonds is 5. The molecule has 5 nitrogen and oxygen atoms in total. The van der Waals surface area contributed by atoms with Crippen molar-refractivity contribution in [2.75, 3.05) is 31.1 Å². The minimum atomic E-state index is -3.10. The van der Waals surface area contributed by atoms with E-state index in [1.165, 1.54) is 0 Å². The molecule has 0 aromatic carbocycles. The van der Waals surface area contributed by atoms with E-state index in [-0.39, 0.29) is 35.8 Å². The molecule has 1 rings (SSSR count). The van der Waals surface area contributed by atoms with Gasteiger partial charge in [0.2, 0.25) is 5.91 Å². The van der Waals surface area contributed by atoms with Crippen LogP contribution in [0.3, 0.4) is 0 Å². The summed E-state index contributed by atoms with van der Waals surface area (Å²) < 4.78 is 23.5. The van der Waals surface area contributed by atoms with Gasteiger partial charge in [0.25, 0.3) is 0 Å². The van der Waals surface area contributed by atoms with Gasteiger partial charge in [-0.3, -0.25) is 4.79 Å². The Labute approximate surface area is 110 Å². The lowest BCUT2D eigenvalue weighted by Gasteiger charge is -2.34. The Bertz CT molecular complexity index is 379. The van der Waals surface area contributed by atoms with E-state index in [9.17, 15) is 13.2 Å². The van der Waals surface area contributed by atoms with Crippen molar-refractivity contribution < 1.29 is 13.2 Å². The van der Waals surface area contributed by atoms with Gasteiger partial charge in [-0.05, 0) is 12.8 Å². The van der Waals surface area contributed by atoms with Crippen LogP contribution in [-0.2, 0) is 14.6 Å². The van der Waals surface area contributed by atoms with Crippen LogP contribution in [0.25, 0.3) is 0 Å². The topological polar surface area (TPSA) is 66.5 Å². The zero-order chi connectivity index (χ0) is 13.8. The quantitative estimate of drug-likeness (QED) is 0.782. The summed E-state index contributed by atoms with van der Waals surface area (Å²) in [5.41, 5.74) is 0. The number of hydrogen-bond acceptors (Lipinski definition) is 4. The molecule has 1 heterocycles. The van der Waals surface area contributed by atoms with Crippen LogP contribution in [0.2, 0.25) is 0 Å². The van der Waals surface area contributed by atoms with Gasteiger partial charge in [0, 0.05) is 32.1 Å². The van der Waals surface area contributed by atoms with E-state index in [1.54, 1.807) is 4.90 Å². The fourth-order valence-corrected chi connectivity index (χ4v) is 3.86. The lowest BCUT2D eigenvalue weighted by atomic mass is 10.2. The van der Waals surface area contributed by atoms with E-state index in [4.69, 9.17) is 0 Å². The number of amides is 1. The molecule has 0 aliphatic carbocycles. The molecule has 18 heavy (non-hydrogen) atoms. The van der Waals surface area contributed by atoms with Gasteiger partial charge in [-0.15, -0.1) is 0 Å². The van der Waals surface area contributed by atoms with E-state index < -0.39 is 9.84 Å². The summed E-state index contributed by atoms with van der Waals surface area (Å²) >= 11 is 0. The fourth-order valence-electron chi connectivity index (χ4n) is 2.19. The van der Waals surface area contributed by atoms with E-state index in [0.717, 1.165) is 13.1 Å². The maximum Gasteiger partial charge on any atom is 0.223 e. The summed E-state index contributed by atoms with van der Waals surface area (Å²) in [7, 11) is -3.10. The van der Waals surface area contributed by atoms with Gasteiger partial charge >= 0.3 is 0 Å². The van der Waals surface area contributed by atoms with E-state index in [0.29, 0.717) is 6.54 Å². The van der Waals surface area contributed by atoms with E-state index in [2.05, 4.69) is 5.32 Å². The Balaban J connectivity index is 2.45. The number of nitrogens with zero attached hydrogens (tertiary/aromatic N) is 1. The average Bonchev–Trinajstić information content (AvgIpc) is 2.25. The molecule has 1 fully saturated rings. The monoisotopic (exact) mass is 276 g/mol. The molecular formula is C12H24N2O3S. The van der Waals surface area contributed by atoms with Gasteiger partial charge in [-0.25, -0.2) is 8.42 Å². The molecule has 0 bridgehead atoms. The maximum absolute atomic E-state index is 12.0. The molecule has 1 N–H and O–H groups in total. The first-order valence-electron chi connectivity index (χ1n) is 6.52. The van der Waals surface area contributed by atoms with Gasteiger partial charge in [0.15, 0.2) is 9.84 Å². The van der Waals surface area contributed by atoms with Crippen LogP contribution in [0.15, 0.2) is 0 Å². The van der Waals surface area contributed by atoms with Crippen molar-refractivity contribution >= 4 is 15.7 Å². The number of nitrogens with one attached hydrogen (secondary N) is 1. The Morgan fingerprint density at radius 1 is 1.44 bits per heavy atom. The molecule has 0 radical (unpaired) electrons. The molecule has 106 valence electrons. The molecule has 1 aliphatic heterocycles. The standard InChI is InChI=1S/C12H24N2O3S/c1-10(2)9-18(16,17)7-4-12(15)14-6-5-13-8-11(14)3/h10-11,13H,4-9H2,1-3H3. The highest BCUT2D eigenvalue weighted by molar-refractivity contribution is 7.91. The fraction of sp³-hybridized carbons (Fsp3) is 0.917. The zero-order valence-corrected chi connectivity index (χ0v) is 12.3. The summed E-state index contributed by atoms with van der Waals surface area (Å²) in [6.07, 6.45) is 0.111. The molecule has 1 aliphatic rings. The highest BCUT2D eigenvalue weighted by atomic mass is 32.2. The normalized spacial score (nSPS) is 21.3. The van der Waals surface area contributed by atoms with E-state index in [1.807, 2.05) is 20.8 Å².